The normalized spacial score (nSPS) is 10.2. The lowest BCUT2D eigenvalue weighted by Crippen LogP contribution is -2.03. The van der Waals surface area contributed by atoms with Gasteiger partial charge in [0.1, 0.15) is 5.82 Å². The van der Waals surface area contributed by atoms with E-state index in [2.05, 4.69) is 4.98 Å². The molecule has 1 aromatic heterocycles. The number of rotatable bonds is 2. The van der Waals surface area contributed by atoms with Crippen LogP contribution in [-0.4, -0.2) is 4.98 Å². The molecular weight excluding hydrogens is 186 g/mol. The Bertz CT molecular complexity index is 452. The first kappa shape index (κ1) is 9.68. The van der Waals surface area contributed by atoms with Crippen molar-refractivity contribution in [3.8, 4) is 11.1 Å². The number of hydrogen-bond acceptors (Lipinski definition) is 3. The van der Waals surface area contributed by atoms with Crippen LogP contribution in [0.3, 0.4) is 0 Å². The summed E-state index contributed by atoms with van der Waals surface area (Å²) in [6, 6.07) is 12.0. The smallest absolute Gasteiger partial charge is 0.127 e. The molecule has 0 spiro atoms. The minimum absolute atomic E-state index is 0.416. The third kappa shape index (κ3) is 1.97. The van der Waals surface area contributed by atoms with E-state index in [9.17, 15) is 0 Å². The van der Waals surface area contributed by atoms with Gasteiger partial charge >= 0.3 is 0 Å². The third-order valence-electron chi connectivity index (χ3n) is 2.33. The van der Waals surface area contributed by atoms with Gasteiger partial charge in [0.05, 0.1) is 0 Å². The van der Waals surface area contributed by atoms with E-state index >= 15 is 0 Å². The van der Waals surface area contributed by atoms with Crippen molar-refractivity contribution in [3.63, 3.8) is 0 Å². The van der Waals surface area contributed by atoms with Crippen LogP contribution in [0, 0.1) is 0 Å². The van der Waals surface area contributed by atoms with Crippen LogP contribution in [-0.2, 0) is 6.54 Å². The van der Waals surface area contributed by atoms with Crippen LogP contribution < -0.4 is 11.5 Å². The summed E-state index contributed by atoms with van der Waals surface area (Å²) in [7, 11) is 0. The minimum atomic E-state index is 0.416. The molecule has 1 aromatic carbocycles. The van der Waals surface area contributed by atoms with Gasteiger partial charge in [-0.25, -0.2) is 4.98 Å². The molecule has 1 heterocycles. The van der Waals surface area contributed by atoms with Gasteiger partial charge < -0.3 is 11.5 Å². The second-order valence-corrected chi connectivity index (χ2v) is 3.34. The van der Waals surface area contributed by atoms with Crippen LogP contribution >= 0.6 is 0 Å². The Hall–Kier alpha value is -1.87. The van der Waals surface area contributed by atoms with Gasteiger partial charge in [-0.05, 0) is 11.6 Å². The van der Waals surface area contributed by atoms with E-state index < -0.39 is 0 Å². The van der Waals surface area contributed by atoms with Crippen LogP contribution in [0.25, 0.3) is 11.1 Å². The molecule has 2 aromatic rings. The summed E-state index contributed by atoms with van der Waals surface area (Å²) in [4.78, 5) is 4.12. The number of hydrogen-bond donors (Lipinski definition) is 2. The molecule has 0 unspecified atom stereocenters. The molecule has 0 bridgehead atoms. The summed E-state index contributed by atoms with van der Waals surface area (Å²) < 4.78 is 0. The largest absolute Gasteiger partial charge is 0.383 e. The molecule has 15 heavy (non-hydrogen) atoms. The lowest BCUT2D eigenvalue weighted by molar-refractivity contribution is 1.06. The summed E-state index contributed by atoms with van der Waals surface area (Å²) in [6.45, 7) is 0.416. The summed E-state index contributed by atoms with van der Waals surface area (Å²) in [5, 5.41) is 0. The fourth-order valence-corrected chi connectivity index (χ4v) is 1.47. The molecular formula is C12H13N3. The van der Waals surface area contributed by atoms with Crippen molar-refractivity contribution in [2.24, 2.45) is 5.73 Å². The van der Waals surface area contributed by atoms with E-state index in [1.165, 1.54) is 0 Å². The fourth-order valence-electron chi connectivity index (χ4n) is 1.47. The van der Waals surface area contributed by atoms with E-state index in [1.54, 1.807) is 6.20 Å². The molecule has 0 saturated heterocycles. The van der Waals surface area contributed by atoms with Gasteiger partial charge in [-0.15, -0.1) is 0 Å². The van der Waals surface area contributed by atoms with Crippen LogP contribution in [0.15, 0.2) is 42.6 Å². The number of nitrogens with two attached hydrogens (primary N) is 2. The second-order valence-electron chi connectivity index (χ2n) is 3.34. The molecule has 4 N–H and O–H groups in total. The van der Waals surface area contributed by atoms with Gasteiger partial charge in [-0.1, -0.05) is 30.3 Å². The zero-order chi connectivity index (χ0) is 10.7. The second kappa shape index (κ2) is 4.11. The SMILES string of the molecule is NCc1cc(-c2ccccc2)cnc1N. The van der Waals surface area contributed by atoms with Crippen LogP contribution in [0.4, 0.5) is 5.82 Å². The maximum Gasteiger partial charge on any atom is 0.127 e. The number of aromatic nitrogens is 1. The molecule has 0 atom stereocenters. The van der Waals surface area contributed by atoms with Gasteiger partial charge in [0.2, 0.25) is 0 Å². The number of nitrogen functional groups attached to an aromatic ring is 1. The predicted molar refractivity (Wildman–Crippen MR) is 62.0 cm³/mol. The van der Waals surface area contributed by atoms with Gasteiger partial charge in [0, 0.05) is 23.9 Å². The fraction of sp³-hybridized carbons (Fsp3) is 0.0833. The predicted octanol–water partition coefficient (Wildman–Crippen LogP) is 1.79. The van der Waals surface area contributed by atoms with Gasteiger partial charge in [-0.3, -0.25) is 0 Å². The first-order valence-corrected chi connectivity index (χ1v) is 4.81. The molecule has 0 aliphatic rings. The average molecular weight is 199 g/mol. The molecule has 0 amide bonds. The van der Waals surface area contributed by atoms with Crippen LogP contribution in [0.2, 0.25) is 0 Å². The molecule has 2 rings (SSSR count). The maximum atomic E-state index is 5.69. The highest BCUT2D eigenvalue weighted by Crippen LogP contribution is 2.21. The van der Waals surface area contributed by atoms with Crippen molar-refractivity contribution in [2.75, 3.05) is 5.73 Å². The monoisotopic (exact) mass is 199 g/mol. The first-order chi connectivity index (χ1) is 7.31. The Kier molecular flexibility index (Phi) is 2.65. The van der Waals surface area contributed by atoms with Gasteiger partial charge in [0.15, 0.2) is 0 Å². The van der Waals surface area contributed by atoms with Crippen LogP contribution in [0.5, 0.6) is 0 Å². The van der Waals surface area contributed by atoms with E-state index in [0.29, 0.717) is 12.4 Å². The van der Waals surface area contributed by atoms with E-state index in [0.717, 1.165) is 16.7 Å². The molecule has 0 radical (unpaired) electrons. The van der Waals surface area contributed by atoms with E-state index in [1.807, 2.05) is 36.4 Å². The molecule has 0 aliphatic heterocycles. The molecule has 0 fully saturated rings. The van der Waals surface area contributed by atoms with Crippen molar-refractivity contribution < 1.29 is 0 Å². The topological polar surface area (TPSA) is 64.9 Å². The highest BCUT2D eigenvalue weighted by molar-refractivity contribution is 5.65. The summed E-state index contributed by atoms with van der Waals surface area (Å²) in [5.41, 5.74) is 14.3. The van der Waals surface area contributed by atoms with E-state index in [-0.39, 0.29) is 0 Å². The minimum Gasteiger partial charge on any atom is -0.383 e. The van der Waals surface area contributed by atoms with E-state index in [4.69, 9.17) is 11.5 Å². The summed E-state index contributed by atoms with van der Waals surface area (Å²) >= 11 is 0. The molecule has 76 valence electrons. The summed E-state index contributed by atoms with van der Waals surface area (Å²) in [5.74, 6) is 0.511. The number of anilines is 1. The Labute approximate surface area is 88.8 Å². The Morgan fingerprint density at radius 3 is 2.47 bits per heavy atom. The van der Waals surface area contributed by atoms with Crippen molar-refractivity contribution in [3.05, 3.63) is 48.2 Å². The molecule has 0 saturated carbocycles. The Morgan fingerprint density at radius 2 is 1.80 bits per heavy atom. The quantitative estimate of drug-likeness (QED) is 0.775. The average Bonchev–Trinajstić information content (AvgIpc) is 2.31. The highest BCUT2D eigenvalue weighted by Gasteiger charge is 2.02. The van der Waals surface area contributed by atoms with Crippen molar-refractivity contribution in [1.82, 2.24) is 4.98 Å². The third-order valence-corrected chi connectivity index (χ3v) is 2.33. The standard InChI is InChI=1S/C12H13N3/c13-7-10-6-11(8-15-12(10)14)9-4-2-1-3-5-9/h1-6,8H,7,13H2,(H2,14,15). The molecule has 3 nitrogen and oxygen atoms in total. The number of benzene rings is 1. The van der Waals surface area contributed by atoms with Gasteiger partial charge in [0.25, 0.3) is 0 Å². The Balaban J connectivity index is 2.46. The van der Waals surface area contributed by atoms with Crippen molar-refractivity contribution in [1.29, 1.82) is 0 Å². The highest BCUT2D eigenvalue weighted by atomic mass is 14.8. The zero-order valence-electron chi connectivity index (χ0n) is 8.35. The maximum absolute atomic E-state index is 5.69. The lowest BCUT2D eigenvalue weighted by Gasteiger charge is -2.05. The number of pyridine rings is 1. The van der Waals surface area contributed by atoms with Crippen molar-refractivity contribution in [2.45, 2.75) is 6.54 Å². The van der Waals surface area contributed by atoms with Crippen LogP contribution in [0.1, 0.15) is 5.56 Å². The zero-order valence-corrected chi connectivity index (χ0v) is 8.35. The first-order valence-electron chi connectivity index (χ1n) is 4.81. The van der Waals surface area contributed by atoms with Crippen molar-refractivity contribution >= 4 is 5.82 Å². The lowest BCUT2D eigenvalue weighted by atomic mass is 10.1. The Morgan fingerprint density at radius 1 is 1.07 bits per heavy atom. The summed E-state index contributed by atoms with van der Waals surface area (Å²) in [6.07, 6.45) is 1.77. The number of nitrogens with zero attached hydrogens (tertiary/aromatic N) is 1. The van der Waals surface area contributed by atoms with Gasteiger partial charge in [-0.2, -0.15) is 0 Å². The molecule has 0 aliphatic carbocycles. The molecule has 3 heteroatoms.